The molecule has 0 amide bonds. The summed E-state index contributed by atoms with van der Waals surface area (Å²) >= 11 is 0. The Morgan fingerprint density at radius 2 is 1.42 bits per heavy atom. The normalized spacial score (nSPS) is 12.4. The van der Waals surface area contributed by atoms with Crippen LogP contribution in [0.1, 0.15) is 41.6 Å². The van der Waals surface area contributed by atoms with Gasteiger partial charge < -0.3 is 13.8 Å². The zero-order valence-corrected chi connectivity index (χ0v) is 16.3. The molecule has 0 saturated heterocycles. The molecule has 7 nitrogen and oxygen atoms in total. The standard InChI is InChI=1S/C18H16F6N4O3/c1-9-7-11(14-26-16(31-28-14)18(22,23)24)8-10(2)13(9)29-6-4-3-5-12-25-15(30-27-12)17(19,20)21/h7-8H,3-6H2,1-2H3. The zero-order chi connectivity index (χ0) is 22.8. The zero-order valence-electron chi connectivity index (χ0n) is 16.3. The van der Waals surface area contributed by atoms with Gasteiger partial charge in [-0.25, -0.2) is 0 Å². The van der Waals surface area contributed by atoms with E-state index in [-0.39, 0.29) is 24.7 Å². The molecule has 31 heavy (non-hydrogen) atoms. The van der Waals surface area contributed by atoms with Crippen molar-refractivity contribution in [3.05, 3.63) is 40.9 Å². The largest absolute Gasteiger partial charge is 0.493 e. The van der Waals surface area contributed by atoms with Crippen LogP contribution < -0.4 is 4.74 Å². The molecule has 0 fully saturated rings. The van der Waals surface area contributed by atoms with Crippen molar-refractivity contribution in [2.75, 3.05) is 6.61 Å². The van der Waals surface area contributed by atoms with Crippen LogP contribution in [0.5, 0.6) is 5.75 Å². The van der Waals surface area contributed by atoms with E-state index < -0.39 is 24.1 Å². The molecule has 0 bridgehead atoms. The first kappa shape index (κ1) is 22.6. The Bertz CT molecular complexity index is 1020. The fourth-order valence-electron chi connectivity index (χ4n) is 2.79. The first-order chi connectivity index (χ1) is 14.4. The van der Waals surface area contributed by atoms with Crippen LogP contribution in [0.4, 0.5) is 26.3 Å². The Kier molecular flexibility index (Phi) is 6.23. The smallest absolute Gasteiger partial charge is 0.471 e. The van der Waals surface area contributed by atoms with Crippen molar-refractivity contribution in [1.82, 2.24) is 20.3 Å². The summed E-state index contributed by atoms with van der Waals surface area (Å²) < 4.78 is 89.3. The van der Waals surface area contributed by atoms with Crippen LogP contribution in [-0.4, -0.2) is 26.9 Å². The monoisotopic (exact) mass is 450 g/mol. The third-order valence-electron chi connectivity index (χ3n) is 4.14. The van der Waals surface area contributed by atoms with E-state index >= 15 is 0 Å². The fourth-order valence-corrected chi connectivity index (χ4v) is 2.79. The lowest BCUT2D eigenvalue weighted by Crippen LogP contribution is -2.05. The predicted molar refractivity (Wildman–Crippen MR) is 91.9 cm³/mol. The number of halogens is 6. The molecule has 2 heterocycles. The molecule has 1 aromatic carbocycles. The van der Waals surface area contributed by atoms with Crippen molar-refractivity contribution < 1.29 is 40.1 Å². The Morgan fingerprint density at radius 1 is 0.839 bits per heavy atom. The summed E-state index contributed by atoms with van der Waals surface area (Å²) in [6, 6.07) is 3.15. The number of nitrogens with zero attached hydrogens (tertiary/aromatic N) is 4. The lowest BCUT2D eigenvalue weighted by Gasteiger charge is -2.13. The van der Waals surface area contributed by atoms with Gasteiger partial charge >= 0.3 is 24.1 Å². The summed E-state index contributed by atoms with van der Waals surface area (Å²) in [7, 11) is 0. The molecule has 0 N–H and O–H groups in total. The summed E-state index contributed by atoms with van der Waals surface area (Å²) in [5.74, 6) is -2.50. The molecule has 0 saturated carbocycles. The average Bonchev–Trinajstić information content (AvgIpc) is 3.32. The number of hydrogen-bond acceptors (Lipinski definition) is 7. The summed E-state index contributed by atoms with van der Waals surface area (Å²) in [5, 5.41) is 6.65. The van der Waals surface area contributed by atoms with Gasteiger partial charge in [-0.1, -0.05) is 10.3 Å². The molecule has 0 radical (unpaired) electrons. The molecular formula is C18H16F6N4O3. The molecular weight excluding hydrogens is 434 g/mol. The highest BCUT2D eigenvalue weighted by Gasteiger charge is 2.39. The molecule has 0 aliphatic carbocycles. The number of aryl methyl sites for hydroxylation is 3. The molecule has 2 aromatic heterocycles. The highest BCUT2D eigenvalue weighted by atomic mass is 19.4. The van der Waals surface area contributed by atoms with Crippen LogP contribution in [0.2, 0.25) is 0 Å². The molecule has 0 aliphatic rings. The van der Waals surface area contributed by atoms with Crippen LogP contribution in [-0.2, 0) is 18.8 Å². The maximum Gasteiger partial charge on any atom is 0.471 e. The van der Waals surface area contributed by atoms with Crippen LogP contribution in [0.25, 0.3) is 11.4 Å². The van der Waals surface area contributed by atoms with E-state index in [1.54, 1.807) is 26.0 Å². The number of hydrogen-bond donors (Lipinski definition) is 0. The molecule has 3 rings (SSSR count). The maximum absolute atomic E-state index is 12.6. The minimum atomic E-state index is -4.73. The lowest BCUT2D eigenvalue weighted by atomic mass is 10.1. The molecule has 0 aliphatic heterocycles. The maximum atomic E-state index is 12.6. The quantitative estimate of drug-likeness (QED) is 0.362. The summed E-state index contributed by atoms with van der Waals surface area (Å²) in [4.78, 5) is 6.65. The van der Waals surface area contributed by atoms with Crippen LogP contribution in [0, 0.1) is 13.8 Å². The van der Waals surface area contributed by atoms with Crippen molar-refractivity contribution in [2.24, 2.45) is 0 Å². The highest BCUT2D eigenvalue weighted by Crippen LogP contribution is 2.32. The van der Waals surface area contributed by atoms with E-state index in [0.29, 0.717) is 35.3 Å². The van der Waals surface area contributed by atoms with Crippen LogP contribution in [0.3, 0.4) is 0 Å². The predicted octanol–water partition coefficient (Wildman–Crippen LogP) is 5.18. The lowest BCUT2D eigenvalue weighted by molar-refractivity contribution is -0.160. The molecule has 3 aromatic rings. The van der Waals surface area contributed by atoms with Gasteiger partial charge in [0.2, 0.25) is 5.82 Å². The Morgan fingerprint density at radius 3 is 1.97 bits per heavy atom. The Hall–Kier alpha value is -3.12. The number of rotatable bonds is 7. The minimum Gasteiger partial charge on any atom is -0.493 e. The second-order valence-electron chi connectivity index (χ2n) is 6.68. The van der Waals surface area contributed by atoms with Gasteiger partial charge in [-0.05, 0) is 49.9 Å². The first-order valence-electron chi connectivity index (χ1n) is 9.00. The molecule has 0 spiro atoms. The van der Waals surface area contributed by atoms with Crippen molar-refractivity contribution in [1.29, 1.82) is 0 Å². The van der Waals surface area contributed by atoms with Gasteiger partial charge in [0.05, 0.1) is 6.61 Å². The summed E-state index contributed by atoms with van der Waals surface area (Å²) in [6.07, 6.45) is -8.23. The van der Waals surface area contributed by atoms with Gasteiger partial charge in [0, 0.05) is 12.0 Å². The summed E-state index contributed by atoms with van der Waals surface area (Å²) in [5.41, 5.74) is 1.65. The fraction of sp³-hybridized carbons (Fsp3) is 0.444. The Balaban J connectivity index is 1.55. The number of aromatic nitrogens is 4. The van der Waals surface area contributed by atoms with Gasteiger partial charge in [-0.2, -0.15) is 36.3 Å². The van der Waals surface area contributed by atoms with E-state index in [4.69, 9.17) is 4.74 Å². The van der Waals surface area contributed by atoms with Gasteiger partial charge in [0.25, 0.3) is 0 Å². The van der Waals surface area contributed by atoms with Crippen LogP contribution in [0.15, 0.2) is 21.2 Å². The van der Waals surface area contributed by atoms with E-state index in [0.717, 1.165) is 0 Å². The molecule has 168 valence electrons. The van der Waals surface area contributed by atoms with Gasteiger partial charge in [0.15, 0.2) is 5.82 Å². The van der Waals surface area contributed by atoms with Crippen molar-refractivity contribution in [2.45, 2.75) is 45.5 Å². The molecule has 0 atom stereocenters. The third kappa shape index (κ3) is 5.52. The second kappa shape index (κ2) is 8.55. The third-order valence-corrected chi connectivity index (χ3v) is 4.14. The van der Waals surface area contributed by atoms with E-state index in [1.165, 1.54) is 0 Å². The van der Waals surface area contributed by atoms with E-state index in [1.807, 2.05) is 0 Å². The van der Waals surface area contributed by atoms with Crippen LogP contribution >= 0.6 is 0 Å². The van der Waals surface area contributed by atoms with Gasteiger partial charge in [0.1, 0.15) is 5.75 Å². The number of benzene rings is 1. The van der Waals surface area contributed by atoms with Gasteiger partial charge in [-0.3, -0.25) is 0 Å². The van der Waals surface area contributed by atoms with Gasteiger partial charge in [-0.15, -0.1) is 0 Å². The minimum absolute atomic E-state index is 0.0395. The van der Waals surface area contributed by atoms with E-state index in [9.17, 15) is 26.3 Å². The number of ether oxygens (including phenoxy) is 1. The summed E-state index contributed by atoms with van der Waals surface area (Å²) in [6.45, 7) is 3.70. The first-order valence-corrected chi connectivity index (χ1v) is 9.00. The second-order valence-corrected chi connectivity index (χ2v) is 6.68. The van der Waals surface area contributed by atoms with Crippen molar-refractivity contribution in [3.63, 3.8) is 0 Å². The van der Waals surface area contributed by atoms with Crippen molar-refractivity contribution in [3.8, 4) is 17.1 Å². The molecule has 0 unspecified atom stereocenters. The number of alkyl halides is 6. The highest BCUT2D eigenvalue weighted by molar-refractivity contribution is 5.61. The molecule has 13 heteroatoms. The Labute approximate surface area is 171 Å². The van der Waals surface area contributed by atoms with E-state index in [2.05, 4.69) is 29.3 Å². The average molecular weight is 450 g/mol. The van der Waals surface area contributed by atoms with Crippen molar-refractivity contribution >= 4 is 0 Å². The number of unbranched alkanes of at least 4 members (excludes halogenated alkanes) is 1. The SMILES string of the molecule is Cc1cc(-c2noc(C(F)(F)F)n2)cc(C)c1OCCCCc1noc(C(F)(F)F)n1. The topological polar surface area (TPSA) is 87.1 Å².